The Morgan fingerprint density at radius 3 is 2.00 bits per heavy atom. The van der Waals surface area contributed by atoms with Crippen LogP contribution in [0.15, 0.2) is 71.9 Å². The molecule has 36 heavy (non-hydrogen) atoms. The quantitative estimate of drug-likeness (QED) is 0.231. The summed E-state index contributed by atoms with van der Waals surface area (Å²) in [5, 5.41) is 0. The van der Waals surface area contributed by atoms with Crippen LogP contribution < -0.4 is 0 Å². The number of β-lactam (4-membered cyclic amide) rings is 1. The normalized spacial score (nSPS) is 20.3. The van der Waals surface area contributed by atoms with Gasteiger partial charge in [-0.3, -0.25) is 19.4 Å². The molecule has 2 aliphatic rings. The molecule has 9 nitrogen and oxygen atoms in total. The fraction of sp³-hybridized carbons (Fsp3) is 0.308. The van der Waals surface area contributed by atoms with E-state index in [0.717, 1.165) is 20.9 Å². The lowest BCUT2D eigenvalue weighted by Gasteiger charge is -2.43. The highest BCUT2D eigenvalue weighted by molar-refractivity contribution is 6.28. The zero-order valence-corrected chi connectivity index (χ0v) is 20.5. The Bertz CT molecular complexity index is 1180. The van der Waals surface area contributed by atoms with Crippen LogP contribution in [-0.4, -0.2) is 57.9 Å². The van der Waals surface area contributed by atoms with E-state index >= 15 is 0 Å². The first-order valence-electron chi connectivity index (χ1n) is 11.3. The number of fused-ring (bicyclic) bond motifs is 1. The van der Waals surface area contributed by atoms with Crippen molar-refractivity contribution in [1.82, 2.24) is 9.80 Å². The third-order valence-corrected chi connectivity index (χ3v) is 6.04. The van der Waals surface area contributed by atoms with E-state index in [4.69, 9.17) is 25.8 Å². The van der Waals surface area contributed by atoms with E-state index in [1.54, 1.807) is 38.1 Å². The lowest BCUT2D eigenvalue weighted by molar-refractivity contribution is -0.170. The molecule has 188 valence electrons. The minimum Gasteiger partial charge on any atom is -0.456 e. The molecule has 2 heterocycles. The third-order valence-electron chi connectivity index (χ3n) is 5.78. The van der Waals surface area contributed by atoms with Crippen LogP contribution in [0.3, 0.4) is 0 Å². The van der Waals surface area contributed by atoms with E-state index < -0.39 is 48.1 Å². The van der Waals surface area contributed by atoms with Crippen molar-refractivity contribution in [1.29, 1.82) is 0 Å². The number of halogens is 1. The zero-order chi connectivity index (χ0) is 25.8. The minimum atomic E-state index is -1.42. The molecular weight excluding hydrogens is 488 g/mol. The van der Waals surface area contributed by atoms with Gasteiger partial charge in [0.2, 0.25) is 0 Å². The number of ether oxygens (including phenoxy) is 3. The van der Waals surface area contributed by atoms with Crippen LogP contribution in [0.25, 0.3) is 0 Å². The first-order chi connectivity index (χ1) is 17.3. The summed E-state index contributed by atoms with van der Waals surface area (Å²) in [6.07, 6.45) is -3.38. The molecule has 0 radical (unpaired) electrons. The van der Waals surface area contributed by atoms with Crippen molar-refractivity contribution in [2.45, 2.75) is 45.6 Å². The molecule has 3 atom stereocenters. The summed E-state index contributed by atoms with van der Waals surface area (Å²) >= 11 is 5.74. The molecule has 2 fully saturated rings. The SMILES string of the molecule is CC(C)=C(C(=O)OCc1ccccc1)N1C(=O)C2C1OC(C(=O)CCl)N2C(=O)OCc1ccccc1. The Morgan fingerprint density at radius 1 is 0.917 bits per heavy atom. The second-order valence-corrected chi connectivity index (χ2v) is 8.76. The standard InChI is InChI=1S/C26H25ClN2O7/c1-16(2)20(25(32)34-14-17-9-5-3-6-10-17)28-22(31)21-24(28)36-23(19(30)13-27)29(21)26(33)35-15-18-11-7-4-8-12-18/h3-12,21,23-24H,13-15H2,1-2H3. The summed E-state index contributed by atoms with van der Waals surface area (Å²) in [6, 6.07) is 16.9. The number of rotatable bonds is 8. The molecular formula is C26H25ClN2O7. The zero-order valence-electron chi connectivity index (χ0n) is 19.8. The van der Waals surface area contributed by atoms with Gasteiger partial charge in [0.25, 0.3) is 5.91 Å². The molecule has 2 aromatic carbocycles. The summed E-state index contributed by atoms with van der Waals surface area (Å²) in [5.74, 6) is -2.36. The number of nitrogens with zero attached hydrogens (tertiary/aromatic N) is 2. The maximum Gasteiger partial charge on any atom is 0.413 e. The van der Waals surface area contributed by atoms with Gasteiger partial charge in [0.15, 0.2) is 24.3 Å². The monoisotopic (exact) mass is 512 g/mol. The molecule has 0 spiro atoms. The van der Waals surface area contributed by atoms with Crippen LogP contribution in [0.2, 0.25) is 0 Å². The predicted molar refractivity (Wildman–Crippen MR) is 128 cm³/mol. The number of carbonyl (C=O) groups excluding carboxylic acids is 4. The van der Waals surface area contributed by atoms with Gasteiger partial charge < -0.3 is 14.2 Å². The van der Waals surface area contributed by atoms with E-state index in [-0.39, 0.29) is 18.9 Å². The molecule has 0 saturated carbocycles. The second-order valence-electron chi connectivity index (χ2n) is 8.49. The van der Waals surface area contributed by atoms with E-state index in [1.807, 2.05) is 36.4 Å². The fourth-order valence-electron chi connectivity index (χ4n) is 4.06. The van der Waals surface area contributed by atoms with Gasteiger partial charge in [0.05, 0.1) is 5.88 Å². The van der Waals surface area contributed by atoms with Crippen molar-refractivity contribution in [3.63, 3.8) is 0 Å². The Labute approximate surface area is 213 Å². The van der Waals surface area contributed by atoms with Crippen LogP contribution in [0.5, 0.6) is 0 Å². The molecule has 0 bridgehead atoms. The summed E-state index contributed by atoms with van der Waals surface area (Å²) in [4.78, 5) is 53.7. The number of amides is 2. The number of alkyl halides is 1. The number of carbonyl (C=O) groups is 4. The second kappa shape index (κ2) is 10.9. The van der Waals surface area contributed by atoms with Gasteiger partial charge in [-0.05, 0) is 30.5 Å². The van der Waals surface area contributed by atoms with Crippen molar-refractivity contribution in [3.8, 4) is 0 Å². The van der Waals surface area contributed by atoms with Crippen LogP contribution in [0.1, 0.15) is 25.0 Å². The Balaban J connectivity index is 1.51. The molecule has 0 aliphatic carbocycles. The molecule has 0 aromatic heterocycles. The van der Waals surface area contributed by atoms with Crippen LogP contribution in [-0.2, 0) is 41.8 Å². The number of benzene rings is 2. The molecule has 2 amide bonds. The third kappa shape index (κ3) is 4.98. The molecule has 2 aliphatic heterocycles. The summed E-state index contributed by atoms with van der Waals surface area (Å²) < 4.78 is 16.6. The number of esters is 1. The Kier molecular flexibility index (Phi) is 7.71. The largest absolute Gasteiger partial charge is 0.456 e. The Hall–Kier alpha value is -3.69. The fourth-order valence-corrected chi connectivity index (χ4v) is 4.19. The maximum atomic E-state index is 13.2. The predicted octanol–water partition coefficient (Wildman–Crippen LogP) is 3.36. The van der Waals surface area contributed by atoms with Crippen molar-refractivity contribution < 1.29 is 33.4 Å². The van der Waals surface area contributed by atoms with Gasteiger partial charge in [0.1, 0.15) is 18.9 Å². The lowest BCUT2D eigenvalue weighted by atomic mass is 10.0. The van der Waals surface area contributed by atoms with E-state index in [1.165, 1.54) is 0 Å². The van der Waals surface area contributed by atoms with Gasteiger partial charge in [-0.1, -0.05) is 60.7 Å². The molecule has 3 unspecified atom stereocenters. The molecule has 4 rings (SSSR count). The first kappa shape index (κ1) is 25.4. The molecule has 10 heteroatoms. The average molecular weight is 513 g/mol. The summed E-state index contributed by atoms with van der Waals surface area (Å²) in [6.45, 7) is 3.26. The van der Waals surface area contributed by atoms with Crippen molar-refractivity contribution in [2.75, 3.05) is 5.88 Å². The van der Waals surface area contributed by atoms with E-state index in [9.17, 15) is 19.2 Å². The van der Waals surface area contributed by atoms with Crippen molar-refractivity contribution in [2.24, 2.45) is 0 Å². The highest BCUT2D eigenvalue weighted by Gasteiger charge is 2.64. The van der Waals surface area contributed by atoms with Gasteiger partial charge in [-0.15, -0.1) is 11.6 Å². The van der Waals surface area contributed by atoms with Gasteiger partial charge >= 0.3 is 12.1 Å². The number of likely N-dealkylation sites (tertiary alicyclic amines) is 1. The minimum absolute atomic E-state index is 0.00578. The molecule has 0 N–H and O–H groups in total. The molecule has 2 saturated heterocycles. The first-order valence-corrected chi connectivity index (χ1v) is 11.8. The number of Topliss-reactive ketones (excluding diaryl/α,β-unsaturated/α-hetero) is 1. The van der Waals surface area contributed by atoms with Gasteiger partial charge in [-0.25, -0.2) is 9.59 Å². The number of hydrogen-bond donors (Lipinski definition) is 0. The van der Waals surface area contributed by atoms with Crippen LogP contribution in [0, 0.1) is 0 Å². The average Bonchev–Trinajstić information content (AvgIpc) is 3.25. The van der Waals surface area contributed by atoms with Crippen molar-refractivity contribution in [3.05, 3.63) is 83.1 Å². The Morgan fingerprint density at radius 2 is 1.47 bits per heavy atom. The summed E-state index contributed by atoms with van der Waals surface area (Å²) in [5.41, 5.74) is 2.02. The maximum absolute atomic E-state index is 13.2. The summed E-state index contributed by atoms with van der Waals surface area (Å²) in [7, 11) is 0. The van der Waals surface area contributed by atoms with E-state index in [2.05, 4.69) is 0 Å². The van der Waals surface area contributed by atoms with Crippen LogP contribution in [0.4, 0.5) is 4.79 Å². The smallest absolute Gasteiger partial charge is 0.413 e. The van der Waals surface area contributed by atoms with Crippen LogP contribution >= 0.6 is 11.6 Å². The topological polar surface area (TPSA) is 102 Å². The number of ketones is 1. The number of hydrogen-bond acceptors (Lipinski definition) is 7. The van der Waals surface area contributed by atoms with Crippen molar-refractivity contribution >= 4 is 35.4 Å². The molecule has 2 aromatic rings. The lowest BCUT2D eigenvalue weighted by Crippen LogP contribution is -2.67. The van der Waals surface area contributed by atoms with E-state index in [0.29, 0.717) is 5.57 Å². The highest BCUT2D eigenvalue weighted by Crippen LogP contribution is 2.40. The number of allylic oxidation sites excluding steroid dienone is 1. The highest BCUT2D eigenvalue weighted by atomic mass is 35.5. The van der Waals surface area contributed by atoms with Gasteiger partial charge in [-0.2, -0.15) is 0 Å². The van der Waals surface area contributed by atoms with Gasteiger partial charge in [0, 0.05) is 0 Å².